The number of halogens is 3. The Labute approximate surface area is 234 Å². The monoisotopic (exact) mass is 572 g/mol. The summed E-state index contributed by atoms with van der Waals surface area (Å²) >= 11 is 1.34. The second-order valence-corrected chi connectivity index (χ2v) is 12.3. The van der Waals surface area contributed by atoms with Gasteiger partial charge in [-0.3, -0.25) is 4.79 Å². The molecule has 0 spiro atoms. The fraction of sp³-hybridized carbons (Fsp3) is 0.448. The predicted octanol–water partition coefficient (Wildman–Crippen LogP) is 7.42. The summed E-state index contributed by atoms with van der Waals surface area (Å²) < 4.78 is 39.6. The van der Waals surface area contributed by atoms with Gasteiger partial charge in [0.2, 0.25) is 5.95 Å². The minimum absolute atomic E-state index is 0.160. The fourth-order valence-corrected chi connectivity index (χ4v) is 6.85. The Kier molecular flexibility index (Phi) is 7.47. The zero-order valence-electron chi connectivity index (χ0n) is 22.3. The summed E-state index contributed by atoms with van der Waals surface area (Å²) in [6.45, 7) is 3.72. The fourth-order valence-electron chi connectivity index (χ4n) is 5.84. The Balaban J connectivity index is 1.49. The molecule has 11 heteroatoms. The molecule has 1 fully saturated rings. The maximum Gasteiger partial charge on any atom is 0.433 e. The van der Waals surface area contributed by atoms with Crippen LogP contribution in [0.5, 0.6) is 0 Å². The number of aliphatic carboxylic acids is 1. The van der Waals surface area contributed by atoms with Crippen LogP contribution in [-0.2, 0) is 16.6 Å². The van der Waals surface area contributed by atoms with Gasteiger partial charge in [-0.1, -0.05) is 19.9 Å². The van der Waals surface area contributed by atoms with Crippen LogP contribution in [0.4, 0.5) is 24.8 Å². The molecule has 0 amide bonds. The predicted molar refractivity (Wildman–Crippen MR) is 147 cm³/mol. The highest BCUT2D eigenvalue weighted by molar-refractivity contribution is 7.15. The van der Waals surface area contributed by atoms with E-state index in [2.05, 4.69) is 26.3 Å². The first-order valence-corrected chi connectivity index (χ1v) is 14.1. The van der Waals surface area contributed by atoms with E-state index in [4.69, 9.17) is 0 Å². The molecular formula is C29H31F3N4O3S. The summed E-state index contributed by atoms with van der Waals surface area (Å²) in [5.74, 6) is -1.56. The van der Waals surface area contributed by atoms with Crippen molar-refractivity contribution in [3.63, 3.8) is 0 Å². The molecule has 0 radical (unpaired) electrons. The van der Waals surface area contributed by atoms with Gasteiger partial charge in [-0.2, -0.15) is 13.2 Å². The van der Waals surface area contributed by atoms with Gasteiger partial charge in [-0.15, -0.1) is 11.3 Å². The van der Waals surface area contributed by atoms with E-state index in [0.29, 0.717) is 23.5 Å². The summed E-state index contributed by atoms with van der Waals surface area (Å²) in [7, 11) is 0. The summed E-state index contributed by atoms with van der Waals surface area (Å²) in [4.78, 5) is 24.7. The molecule has 2 aliphatic rings. The van der Waals surface area contributed by atoms with E-state index in [9.17, 15) is 28.2 Å². The minimum Gasteiger partial charge on any atom is -0.481 e. The van der Waals surface area contributed by atoms with Crippen LogP contribution in [0.2, 0.25) is 0 Å². The number of thiazole rings is 1. The van der Waals surface area contributed by atoms with Crippen molar-refractivity contribution in [1.29, 1.82) is 0 Å². The molecule has 0 unspecified atom stereocenters. The second kappa shape index (κ2) is 10.6. The molecule has 3 N–H and O–H groups in total. The van der Waals surface area contributed by atoms with Crippen molar-refractivity contribution in [2.75, 3.05) is 5.32 Å². The van der Waals surface area contributed by atoms with E-state index in [0.717, 1.165) is 54.0 Å². The van der Waals surface area contributed by atoms with E-state index in [1.807, 2.05) is 32.0 Å². The highest BCUT2D eigenvalue weighted by Crippen LogP contribution is 2.51. The normalized spacial score (nSPS) is 22.9. The largest absolute Gasteiger partial charge is 0.481 e. The topological polar surface area (TPSA) is 108 Å². The molecule has 0 bridgehead atoms. The lowest BCUT2D eigenvalue weighted by atomic mass is 9.63. The van der Waals surface area contributed by atoms with Crippen molar-refractivity contribution in [2.24, 2.45) is 11.3 Å². The van der Waals surface area contributed by atoms with Crippen LogP contribution in [-0.4, -0.2) is 31.1 Å². The molecule has 1 saturated carbocycles. The number of allylic oxidation sites excluding steroid dienone is 2. The molecule has 2 aromatic heterocycles. The first kappa shape index (κ1) is 28.2. The summed E-state index contributed by atoms with van der Waals surface area (Å²) in [6.07, 6.45) is 5.32. The highest BCUT2D eigenvalue weighted by Gasteiger charge is 2.49. The van der Waals surface area contributed by atoms with Gasteiger partial charge in [0.1, 0.15) is 16.3 Å². The van der Waals surface area contributed by atoms with Crippen LogP contribution in [0, 0.1) is 11.3 Å². The number of hydrogen-bond donors (Lipinski definition) is 3. The number of aliphatic hydroxyl groups is 1. The van der Waals surface area contributed by atoms with E-state index in [1.54, 1.807) is 6.20 Å². The quantitative estimate of drug-likeness (QED) is 0.282. The van der Waals surface area contributed by atoms with Crippen molar-refractivity contribution in [3.05, 3.63) is 59.0 Å². The first-order chi connectivity index (χ1) is 18.8. The Bertz CT molecular complexity index is 1450. The van der Waals surface area contributed by atoms with Crippen molar-refractivity contribution in [2.45, 2.75) is 70.6 Å². The summed E-state index contributed by atoms with van der Waals surface area (Å²) in [6, 6.07) is 6.55. The maximum atomic E-state index is 13.2. The Morgan fingerprint density at radius 3 is 2.60 bits per heavy atom. The average Bonchev–Trinajstić information content (AvgIpc) is 3.40. The number of nitrogens with zero attached hydrogens (tertiary/aromatic N) is 3. The molecule has 2 heterocycles. The molecule has 7 nitrogen and oxygen atoms in total. The third-order valence-corrected chi connectivity index (χ3v) is 9.06. The summed E-state index contributed by atoms with van der Waals surface area (Å²) in [5.41, 5.74) is 0.563. The molecule has 0 aliphatic heterocycles. The third kappa shape index (κ3) is 5.90. The Morgan fingerprint density at radius 1 is 1.15 bits per heavy atom. The van der Waals surface area contributed by atoms with Crippen LogP contribution in [0.15, 0.2) is 42.7 Å². The number of aromatic nitrogens is 3. The molecule has 212 valence electrons. The summed E-state index contributed by atoms with van der Waals surface area (Å²) in [5, 5.41) is 24.6. The van der Waals surface area contributed by atoms with Crippen molar-refractivity contribution < 1.29 is 28.2 Å². The standard InChI is InChI=1S/C29H31F3N4O3S/c1-27(2)16-28(39,10-8-21(27)24(37)38)25-34-15-22(40-25)19-12-18(17-6-4-3-5-7-17)13-20(14-19)35-26-33-11-9-23(36-26)29(30,31)32/h6,9,11-15,21,39H,3-5,7-8,10,16H2,1-2H3,(H,37,38)(H,33,35,36)/t21-,28-/m0/s1. The van der Waals surface area contributed by atoms with Crippen molar-refractivity contribution in [1.82, 2.24) is 15.0 Å². The third-order valence-electron chi connectivity index (χ3n) is 7.82. The average molecular weight is 573 g/mol. The number of nitrogens with one attached hydrogen (secondary N) is 1. The molecule has 40 heavy (non-hydrogen) atoms. The number of benzene rings is 1. The zero-order chi connectivity index (χ0) is 28.7. The minimum atomic E-state index is -4.59. The molecule has 3 aromatic rings. The lowest BCUT2D eigenvalue weighted by Gasteiger charge is -2.44. The van der Waals surface area contributed by atoms with E-state index in [-0.39, 0.29) is 12.4 Å². The van der Waals surface area contributed by atoms with Gasteiger partial charge in [0, 0.05) is 18.1 Å². The SMILES string of the molecule is CC1(C)C[C@](O)(c2ncc(-c3cc(Nc4nccc(C(F)(F)F)n4)cc(C4=CCCCC4)c3)s2)CC[C@H]1C(=O)O. The number of anilines is 2. The first-order valence-electron chi connectivity index (χ1n) is 13.3. The van der Waals surface area contributed by atoms with E-state index < -0.39 is 34.8 Å². The van der Waals surface area contributed by atoms with Gasteiger partial charge in [0.15, 0.2) is 0 Å². The number of carbonyl (C=O) groups is 1. The van der Waals surface area contributed by atoms with Crippen LogP contribution < -0.4 is 5.32 Å². The molecule has 2 atom stereocenters. The lowest BCUT2D eigenvalue weighted by molar-refractivity contribution is -0.154. The number of carboxylic acid groups (broad SMARTS) is 1. The zero-order valence-corrected chi connectivity index (χ0v) is 23.1. The van der Waals surface area contributed by atoms with Gasteiger partial charge in [0.25, 0.3) is 0 Å². The lowest BCUT2D eigenvalue weighted by Crippen LogP contribution is -2.44. The molecule has 0 saturated heterocycles. The van der Waals surface area contributed by atoms with Crippen molar-refractivity contribution in [3.8, 4) is 10.4 Å². The van der Waals surface area contributed by atoms with E-state index >= 15 is 0 Å². The van der Waals surface area contributed by atoms with Crippen LogP contribution in [0.1, 0.15) is 75.1 Å². The van der Waals surface area contributed by atoms with Gasteiger partial charge >= 0.3 is 12.1 Å². The molecule has 2 aliphatic carbocycles. The number of rotatable bonds is 6. The van der Waals surface area contributed by atoms with Gasteiger partial charge < -0.3 is 15.5 Å². The molecule has 5 rings (SSSR count). The smallest absolute Gasteiger partial charge is 0.433 e. The molecular weight excluding hydrogens is 541 g/mol. The molecule has 1 aromatic carbocycles. The van der Waals surface area contributed by atoms with Crippen LogP contribution in [0.3, 0.4) is 0 Å². The van der Waals surface area contributed by atoms with Crippen LogP contribution >= 0.6 is 11.3 Å². The Morgan fingerprint density at radius 2 is 1.93 bits per heavy atom. The number of carboxylic acids is 1. The number of alkyl halides is 3. The Hall–Kier alpha value is -3.31. The van der Waals surface area contributed by atoms with Gasteiger partial charge in [-0.25, -0.2) is 15.0 Å². The van der Waals surface area contributed by atoms with Gasteiger partial charge in [-0.05, 0) is 91.3 Å². The van der Waals surface area contributed by atoms with Crippen LogP contribution in [0.25, 0.3) is 16.0 Å². The maximum absolute atomic E-state index is 13.2. The van der Waals surface area contributed by atoms with Crippen molar-refractivity contribution >= 4 is 34.5 Å². The number of hydrogen-bond acceptors (Lipinski definition) is 7. The second-order valence-electron chi connectivity index (χ2n) is 11.3. The van der Waals surface area contributed by atoms with Gasteiger partial charge in [0.05, 0.1) is 10.8 Å². The van der Waals surface area contributed by atoms with E-state index in [1.165, 1.54) is 16.9 Å². The highest BCUT2D eigenvalue weighted by atomic mass is 32.1.